The molecular formula is C15H18ClN3O2. The SMILES string of the molecule is COc1ccc(C(C)N/C=C(/C#N)C(=O)NCCCl)cc1. The van der Waals surface area contributed by atoms with Gasteiger partial charge in [-0.15, -0.1) is 11.6 Å². The minimum absolute atomic E-state index is 0.0143. The second-order valence-corrected chi connectivity index (χ2v) is 4.65. The van der Waals surface area contributed by atoms with Crippen LogP contribution in [0.4, 0.5) is 0 Å². The monoisotopic (exact) mass is 307 g/mol. The molecule has 0 fully saturated rings. The Bertz CT molecular complexity index is 535. The van der Waals surface area contributed by atoms with Gasteiger partial charge < -0.3 is 15.4 Å². The molecule has 2 N–H and O–H groups in total. The first-order chi connectivity index (χ1) is 10.1. The van der Waals surface area contributed by atoms with E-state index in [-0.39, 0.29) is 11.6 Å². The highest BCUT2D eigenvalue weighted by molar-refractivity contribution is 6.18. The van der Waals surface area contributed by atoms with Crippen LogP contribution in [0.2, 0.25) is 0 Å². The van der Waals surface area contributed by atoms with Gasteiger partial charge in [-0.25, -0.2) is 0 Å². The van der Waals surface area contributed by atoms with Crippen molar-refractivity contribution in [2.75, 3.05) is 19.5 Å². The van der Waals surface area contributed by atoms with E-state index in [1.165, 1.54) is 6.20 Å². The van der Waals surface area contributed by atoms with E-state index in [4.69, 9.17) is 21.6 Å². The van der Waals surface area contributed by atoms with E-state index in [1.807, 2.05) is 37.3 Å². The molecule has 1 aromatic rings. The molecule has 0 aliphatic heterocycles. The molecule has 112 valence electrons. The number of halogens is 1. The largest absolute Gasteiger partial charge is 0.497 e. The highest BCUT2D eigenvalue weighted by Gasteiger charge is 2.09. The highest BCUT2D eigenvalue weighted by Crippen LogP contribution is 2.17. The maximum atomic E-state index is 11.6. The number of nitriles is 1. The van der Waals surface area contributed by atoms with Crippen LogP contribution in [0.1, 0.15) is 18.5 Å². The van der Waals surface area contributed by atoms with Gasteiger partial charge in [0.05, 0.1) is 7.11 Å². The summed E-state index contributed by atoms with van der Waals surface area (Å²) in [5.41, 5.74) is 1.03. The number of benzene rings is 1. The first-order valence-corrected chi connectivity index (χ1v) is 7.00. The lowest BCUT2D eigenvalue weighted by molar-refractivity contribution is -0.117. The maximum absolute atomic E-state index is 11.6. The number of alkyl halides is 1. The molecule has 5 nitrogen and oxygen atoms in total. The van der Waals surface area contributed by atoms with Crippen LogP contribution < -0.4 is 15.4 Å². The molecule has 0 saturated carbocycles. The molecule has 1 aromatic carbocycles. The van der Waals surface area contributed by atoms with E-state index in [0.29, 0.717) is 12.4 Å². The van der Waals surface area contributed by atoms with Crippen LogP contribution in [0.3, 0.4) is 0 Å². The van der Waals surface area contributed by atoms with Crippen LogP contribution in [-0.4, -0.2) is 25.4 Å². The third kappa shape index (κ3) is 5.36. The second kappa shape index (κ2) is 8.88. The summed E-state index contributed by atoms with van der Waals surface area (Å²) in [5, 5.41) is 14.5. The predicted molar refractivity (Wildman–Crippen MR) is 82.0 cm³/mol. The van der Waals surface area contributed by atoms with E-state index >= 15 is 0 Å². The zero-order valence-electron chi connectivity index (χ0n) is 12.0. The number of rotatable bonds is 7. The summed E-state index contributed by atoms with van der Waals surface area (Å²) in [4.78, 5) is 11.6. The van der Waals surface area contributed by atoms with Crippen molar-refractivity contribution in [1.29, 1.82) is 5.26 Å². The number of amides is 1. The van der Waals surface area contributed by atoms with Gasteiger partial charge >= 0.3 is 0 Å². The lowest BCUT2D eigenvalue weighted by Crippen LogP contribution is -2.27. The summed E-state index contributed by atoms with van der Waals surface area (Å²) in [6.45, 7) is 2.26. The van der Waals surface area contributed by atoms with Crippen molar-refractivity contribution in [3.63, 3.8) is 0 Å². The number of nitrogens with zero attached hydrogens (tertiary/aromatic N) is 1. The molecular weight excluding hydrogens is 290 g/mol. The van der Waals surface area contributed by atoms with Gasteiger partial charge in [-0.05, 0) is 24.6 Å². The zero-order chi connectivity index (χ0) is 15.7. The smallest absolute Gasteiger partial charge is 0.263 e. The lowest BCUT2D eigenvalue weighted by atomic mass is 10.1. The summed E-state index contributed by atoms with van der Waals surface area (Å²) in [5.74, 6) is 0.646. The van der Waals surface area contributed by atoms with Gasteiger partial charge in [0.25, 0.3) is 5.91 Å². The minimum Gasteiger partial charge on any atom is -0.497 e. The van der Waals surface area contributed by atoms with Gasteiger partial charge in [-0.2, -0.15) is 5.26 Å². The fraction of sp³-hybridized carbons (Fsp3) is 0.333. The Morgan fingerprint density at radius 2 is 2.14 bits per heavy atom. The first-order valence-electron chi connectivity index (χ1n) is 6.46. The molecule has 0 saturated heterocycles. The van der Waals surface area contributed by atoms with Crippen LogP contribution in [0, 0.1) is 11.3 Å². The molecule has 0 heterocycles. The summed E-state index contributed by atoms with van der Waals surface area (Å²) >= 11 is 5.48. The third-order valence-corrected chi connectivity index (χ3v) is 3.03. The van der Waals surface area contributed by atoms with Gasteiger partial charge in [0.2, 0.25) is 0 Å². The Kier molecular flexibility index (Phi) is 7.13. The van der Waals surface area contributed by atoms with Gasteiger partial charge in [0, 0.05) is 24.7 Å². The number of ether oxygens (including phenoxy) is 1. The van der Waals surface area contributed by atoms with E-state index in [1.54, 1.807) is 7.11 Å². The molecule has 21 heavy (non-hydrogen) atoms. The van der Waals surface area contributed by atoms with Crippen molar-refractivity contribution >= 4 is 17.5 Å². The summed E-state index contributed by atoms with van der Waals surface area (Å²) in [6.07, 6.45) is 1.42. The molecule has 1 rings (SSSR count). The quantitative estimate of drug-likeness (QED) is 0.460. The fourth-order valence-electron chi connectivity index (χ4n) is 1.60. The van der Waals surface area contributed by atoms with Gasteiger partial charge in [0.15, 0.2) is 0 Å². The van der Waals surface area contributed by atoms with Crippen molar-refractivity contribution < 1.29 is 9.53 Å². The van der Waals surface area contributed by atoms with Gasteiger partial charge in [-0.3, -0.25) is 4.79 Å². The summed E-state index contributed by atoms with van der Waals surface area (Å²) in [7, 11) is 1.61. The van der Waals surface area contributed by atoms with Crippen LogP contribution in [0.25, 0.3) is 0 Å². The number of hydrogen-bond donors (Lipinski definition) is 2. The zero-order valence-corrected chi connectivity index (χ0v) is 12.8. The number of carbonyl (C=O) groups is 1. The van der Waals surface area contributed by atoms with Crippen LogP contribution in [0.15, 0.2) is 36.0 Å². The topological polar surface area (TPSA) is 74.1 Å². The van der Waals surface area contributed by atoms with Crippen molar-refractivity contribution in [3.05, 3.63) is 41.6 Å². The summed E-state index contributed by atoms with van der Waals surface area (Å²) < 4.78 is 5.09. The molecule has 1 atom stereocenters. The van der Waals surface area contributed by atoms with Crippen molar-refractivity contribution in [1.82, 2.24) is 10.6 Å². The molecule has 1 unspecified atom stereocenters. The molecule has 0 bridgehead atoms. The molecule has 0 aliphatic rings. The Balaban J connectivity index is 2.67. The van der Waals surface area contributed by atoms with E-state index < -0.39 is 5.91 Å². The second-order valence-electron chi connectivity index (χ2n) is 4.28. The first kappa shape index (κ1) is 16.9. The van der Waals surface area contributed by atoms with Crippen molar-refractivity contribution in [2.24, 2.45) is 0 Å². The number of carbonyl (C=O) groups excluding carboxylic acids is 1. The fourth-order valence-corrected chi connectivity index (χ4v) is 1.70. The molecule has 0 aliphatic carbocycles. The molecule has 1 amide bonds. The predicted octanol–water partition coefficient (Wildman–Crippen LogP) is 2.11. The van der Waals surface area contributed by atoms with Gasteiger partial charge in [0.1, 0.15) is 17.4 Å². The summed E-state index contributed by atoms with van der Waals surface area (Å²) in [6, 6.07) is 9.37. The Morgan fingerprint density at radius 1 is 1.48 bits per heavy atom. The lowest BCUT2D eigenvalue weighted by Gasteiger charge is -2.13. The van der Waals surface area contributed by atoms with Gasteiger partial charge in [-0.1, -0.05) is 12.1 Å². The van der Waals surface area contributed by atoms with E-state index in [2.05, 4.69) is 10.6 Å². The van der Waals surface area contributed by atoms with Crippen molar-refractivity contribution in [2.45, 2.75) is 13.0 Å². The molecule has 6 heteroatoms. The minimum atomic E-state index is -0.437. The average Bonchev–Trinajstić information content (AvgIpc) is 2.53. The average molecular weight is 308 g/mol. The Labute approximate surface area is 129 Å². The van der Waals surface area contributed by atoms with Crippen molar-refractivity contribution in [3.8, 4) is 11.8 Å². The highest BCUT2D eigenvalue weighted by atomic mass is 35.5. The maximum Gasteiger partial charge on any atom is 0.263 e. The Hall–Kier alpha value is -2.19. The number of nitrogens with one attached hydrogen (secondary N) is 2. The van der Waals surface area contributed by atoms with Crippen LogP contribution in [-0.2, 0) is 4.79 Å². The van der Waals surface area contributed by atoms with E-state index in [0.717, 1.165) is 11.3 Å². The number of methoxy groups -OCH3 is 1. The normalized spacial score (nSPS) is 12.2. The van der Waals surface area contributed by atoms with Crippen LogP contribution >= 0.6 is 11.6 Å². The van der Waals surface area contributed by atoms with Crippen LogP contribution in [0.5, 0.6) is 5.75 Å². The Morgan fingerprint density at radius 3 is 2.67 bits per heavy atom. The third-order valence-electron chi connectivity index (χ3n) is 2.84. The molecule has 0 spiro atoms. The van der Waals surface area contributed by atoms with E-state index in [9.17, 15) is 4.79 Å². The standard InChI is InChI=1S/C15H18ClN3O2/c1-11(12-3-5-14(21-2)6-4-12)19-10-13(9-17)15(20)18-8-7-16/h3-6,10-11,19H,7-8H2,1-2H3,(H,18,20)/b13-10-. The molecule has 0 radical (unpaired) electrons. The molecule has 0 aromatic heterocycles. The number of hydrogen-bond acceptors (Lipinski definition) is 4.